The largest absolute Gasteiger partial charge is 0.325 e. The van der Waals surface area contributed by atoms with Gasteiger partial charge in [0.05, 0.1) is 18.3 Å². The standard InChI is InChI=1S/C27H37N5O6/c1-17(2)13-22(21(26(36)31-38)12-8-11-19-9-6-5-7-10-19)25(35)30-32(16-18(3)4)24(34)15-20-14-23(33)29-27(37)28-20/h5-11,14,17-18,21-22,38H,12-13,15-16H2,1-4H3,(H,30,35)(H,31,36)(H2,28,29,33,37)/t21-,22+/m0/s1. The molecule has 1 heterocycles. The van der Waals surface area contributed by atoms with Gasteiger partial charge >= 0.3 is 5.69 Å². The summed E-state index contributed by atoms with van der Waals surface area (Å²) in [5.74, 6) is -3.53. The van der Waals surface area contributed by atoms with Crippen LogP contribution in [0.15, 0.2) is 52.1 Å². The van der Waals surface area contributed by atoms with Gasteiger partial charge < -0.3 is 4.98 Å². The molecule has 0 radical (unpaired) electrons. The number of hydrazine groups is 1. The Morgan fingerprint density at radius 1 is 0.974 bits per heavy atom. The van der Waals surface area contributed by atoms with Gasteiger partial charge in [0.1, 0.15) is 0 Å². The van der Waals surface area contributed by atoms with E-state index in [2.05, 4.69) is 10.4 Å². The molecular formula is C27H37N5O6. The van der Waals surface area contributed by atoms with Gasteiger partial charge in [-0.2, -0.15) is 0 Å². The molecule has 0 aliphatic carbocycles. The number of allylic oxidation sites excluding steroid dienone is 1. The average Bonchev–Trinajstić information content (AvgIpc) is 2.84. The number of aromatic nitrogens is 2. The number of amides is 3. The third kappa shape index (κ3) is 9.81. The molecule has 0 unspecified atom stereocenters. The summed E-state index contributed by atoms with van der Waals surface area (Å²) in [6, 6.07) is 10.6. The van der Waals surface area contributed by atoms with Crippen molar-refractivity contribution in [3.05, 3.63) is 74.6 Å². The van der Waals surface area contributed by atoms with E-state index >= 15 is 0 Å². The van der Waals surface area contributed by atoms with Gasteiger partial charge in [-0.15, -0.1) is 0 Å². The van der Waals surface area contributed by atoms with E-state index in [1.807, 2.05) is 69.1 Å². The Hall–Kier alpha value is -3.99. The van der Waals surface area contributed by atoms with Gasteiger partial charge in [0.25, 0.3) is 5.56 Å². The van der Waals surface area contributed by atoms with Crippen molar-refractivity contribution < 1.29 is 19.6 Å². The highest BCUT2D eigenvalue weighted by Gasteiger charge is 2.35. The summed E-state index contributed by atoms with van der Waals surface area (Å²) in [6.45, 7) is 7.72. The Kier molecular flexibility index (Phi) is 11.7. The number of hydroxylamine groups is 1. The molecule has 0 saturated carbocycles. The molecule has 0 aliphatic rings. The number of carbonyl (C=O) groups excluding carboxylic acids is 3. The molecule has 38 heavy (non-hydrogen) atoms. The summed E-state index contributed by atoms with van der Waals surface area (Å²) >= 11 is 0. The van der Waals surface area contributed by atoms with Crippen LogP contribution in [0.4, 0.5) is 0 Å². The van der Waals surface area contributed by atoms with Crippen molar-refractivity contribution in [3.8, 4) is 0 Å². The quantitative estimate of drug-likeness (QED) is 0.209. The smallest absolute Gasteiger partial charge is 0.311 e. The Labute approximate surface area is 221 Å². The van der Waals surface area contributed by atoms with Crippen LogP contribution in [0.3, 0.4) is 0 Å². The van der Waals surface area contributed by atoms with Crippen molar-refractivity contribution >= 4 is 23.8 Å². The zero-order valence-corrected chi connectivity index (χ0v) is 22.2. The number of nitrogens with zero attached hydrogens (tertiary/aromatic N) is 1. The SMILES string of the molecule is CC(C)C[C@@H](C(=O)NN(CC(C)C)C(=O)Cc1cc(=O)[nH]c(=O)[nH]1)[C@H](CC=Cc1ccccc1)C(=O)NO. The number of hydrogen-bond acceptors (Lipinski definition) is 6. The fourth-order valence-corrected chi connectivity index (χ4v) is 4.08. The van der Waals surface area contributed by atoms with Gasteiger partial charge in [-0.1, -0.05) is 70.2 Å². The zero-order chi connectivity index (χ0) is 28.2. The molecule has 2 aromatic rings. The van der Waals surface area contributed by atoms with E-state index in [-0.39, 0.29) is 36.9 Å². The maximum atomic E-state index is 13.5. The topological polar surface area (TPSA) is 164 Å². The predicted octanol–water partition coefficient (Wildman–Crippen LogP) is 2.01. The summed E-state index contributed by atoms with van der Waals surface area (Å²) in [7, 11) is 0. The highest BCUT2D eigenvalue weighted by Crippen LogP contribution is 2.25. The lowest BCUT2D eigenvalue weighted by molar-refractivity contribution is -0.147. The minimum Gasteiger partial charge on any atom is -0.311 e. The summed E-state index contributed by atoms with van der Waals surface area (Å²) in [4.78, 5) is 66.9. The first-order chi connectivity index (χ1) is 18.0. The minimum atomic E-state index is -0.901. The van der Waals surface area contributed by atoms with Gasteiger partial charge in [-0.3, -0.25) is 39.8 Å². The molecule has 1 aromatic carbocycles. The lowest BCUT2D eigenvalue weighted by Crippen LogP contribution is -2.52. The molecule has 11 nitrogen and oxygen atoms in total. The van der Waals surface area contributed by atoms with E-state index in [0.29, 0.717) is 6.42 Å². The molecule has 11 heteroatoms. The van der Waals surface area contributed by atoms with Crippen LogP contribution in [-0.4, -0.2) is 44.5 Å². The van der Waals surface area contributed by atoms with Crippen LogP contribution in [0.5, 0.6) is 0 Å². The molecular weight excluding hydrogens is 490 g/mol. The molecule has 1 aromatic heterocycles. The molecule has 2 atom stereocenters. The van der Waals surface area contributed by atoms with E-state index in [1.54, 1.807) is 11.6 Å². The predicted molar refractivity (Wildman–Crippen MR) is 143 cm³/mol. The Bertz CT molecular complexity index is 1190. The second kappa shape index (κ2) is 14.7. The molecule has 3 amide bonds. The van der Waals surface area contributed by atoms with Gasteiger partial charge in [0, 0.05) is 18.3 Å². The van der Waals surface area contributed by atoms with Gasteiger partial charge in [0.15, 0.2) is 0 Å². The molecule has 0 saturated heterocycles. The van der Waals surface area contributed by atoms with E-state index in [9.17, 15) is 29.2 Å². The maximum Gasteiger partial charge on any atom is 0.325 e. The fourth-order valence-electron chi connectivity index (χ4n) is 4.08. The maximum absolute atomic E-state index is 13.5. The molecule has 0 spiro atoms. The van der Waals surface area contributed by atoms with Crippen molar-refractivity contribution in [1.29, 1.82) is 0 Å². The molecule has 0 aliphatic heterocycles. The second-order valence-electron chi connectivity index (χ2n) is 10.0. The highest BCUT2D eigenvalue weighted by atomic mass is 16.5. The zero-order valence-electron chi connectivity index (χ0n) is 22.2. The highest BCUT2D eigenvalue weighted by molar-refractivity contribution is 5.89. The number of benzene rings is 1. The van der Waals surface area contributed by atoms with Crippen molar-refractivity contribution in [2.75, 3.05) is 6.54 Å². The van der Waals surface area contributed by atoms with Crippen molar-refractivity contribution in [2.45, 2.75) is 47.0 Å². The normalized spacial score (nSPS) is 12.9. The summed E-state index contributed by atoms with van der Waals surface area (Å²) in [5, 5.41) is 10.6. The van der Waals surface area contributed by atoms with Crippen LogP contribution in [0.25, 0.3) is 6.08 Å². The first-order valence-electron chi connectivity index (χ1n) is 12.6. The summed E-state index contributed by atoms with van der Waals surface area (Å²) in [6.07, 6.45) is 3.79. The van der Waals surface area contributed by atoms with E-state index in [0.717, 1.165) is 16.6 Å². The van der Waals surface area contributed by atoms with Crippen molar-refractivity contribution in [1.82, 2.24) is 25.9 Å². The lowest BCUT2D eigenvalue weighted by atomic mass is 9.82. The van der Waals surface area contributed by atoms with Crippen LogP contribution in [-0.2, 0) is 20.8 Å². The van der Waals surface area contributed by atoms with Crippen molar-refractivity contribution in [2.24, 2.45) is 23.7 Å². The minimum absolute atomic E-state index is 0.0219. The van der Waals surface area contributed by atoms with E-state index < -0.39 is 40.8 Å². The number of nitrogens with one attached hydrogen (secondary N) is 4. The summed E-state index contributed by atoms with van der Waals surface area (Å²) < 4.78 is 0. The Balaban J connectivity index is 2.29. The Morgan fingerprint density at radius 3 is 2.24 bits per heavy atom. The van der Waals surface area contributed by atoms with Crippen molar-refractivity contribution in [3.63, 3.8) is 0 Å². The fraction of sp³-hybridized carbons (Fsp3) is 0.444. The Morgan fingerprint density at radius 2 is 1.66 bits per heavy atom. The van der Waals surface area contributed by atoms with E-state index in [1.165, 1.54) is 0 Å². The number of rotatable bonds is 12. The third-order valence-corrected chi connectivity index (χ3v) is 5.75. The van der Waals surface area contributed by atoms with Crippen LogP contribution < -0.4 is 22.2 Å². The first kappa shape index (κ1) is 30.2. The lowest BCUT2D eigenvalue weighted by Gasteiger charge is -2.30. The number of H-pyrrole nitrogens is 2. The van der Waals surface area contributed by atoms with Gasteiger partial charge in [-0.25, -0.2) is 10.3 Å². The number of aromatic amines is 2. The number of carbonyl (C=O) groups is 3. The number of hydrogen-bond donors (Lipinski definition) is 5. The van der Waals surface area contributed by atoms with Crippen LogP contribution in [0, 0.1) is 23.7 Å². The van der Waals surface area contributed by atoms with Gasteiger partial charge in [0.2, 0.25) is 17.7 Å². The molecule has 0 fully saturated rings. The van der Waals surface area contributed by atoms with Crippen LogP contribution >= 0.6 is 0 Å². The van der Waals surface area contributed by atoms with Crippen LogP contribution in [0.1, 0.15) is 51.8 Å². The second-order valence-corrected chi connectivity index (χ2v) is 10.0. The summed E-state index contributed by atoms with van der Waals surface area (Å²) in [5.41, 5.74) is 3.97. The molecule has 206 valence electrons. The van der Waals surface area contributed by atoms with Crippen LogP contribution in [0.2, 0.25) is 0 Å². The van der Waals surface area contributed by atoms with E-state index in [4.69, 9.17) is 0 Å². The molecule has 5 N–H and O–H groups in total. The first-order valence-corrected chi connectivity index (χ1v) is 12.6. The van der Waals surface area contributed by atoms with Gasteiger partial charge in [-0.05, 0) is 30.2 Å². The monoisotopic (exact) mass is 527 g/mol. The average molecular weight is 528 g/mol. The molecule has 0 bridgehead atoms. The molecule has 2 rings (SSSR count). The third-order valence-electron chi connectivity index (χ3n) is 5.75.